The quantitative estimate of drug-likeness (QED) is 0.509. The largest absolute Gasteiger partial charge is 0.237 e. The number of nitrogens with zero attached hydrogens (tertiary/aromatic N) is 1. The lowest BCUT2D eigenvalue weighted by Gasteiger charge is -2.11. The van der Waals surface area contributed by atoms with E-state index in [1.807, 2.05) is 0 Å². The van der Waals surface area contributed by atoms with E-state index in [1.54, 1.807) is 0 Å². The smallest absolute Gasteiger partial charge is 0.147 e. The first-order valence-corrected chi connectivity index (χ1v) is 8.23. The van der Waals surface area contributed by atoms with Gasteiger partial charge in [-0.2, -0.15) is 19.4 Å². The second-order valence-corrected chi connectivity index (χ2v) is 6.07. The fourth-order valence-corrected chi connectivity index (χ4v) is 4.02. The molecule has 2 rings (SSSR count). The number of hydrogen-bond donors (Lipinski definition) is 0. The molecule has 0 aliphatic carbocycles. The molecule has 1 aromatic carbocycles. The molecule has 1 aromatic heterocycles. The van der Waals surface area contributed by atoms with Crippen molar-refractivity contribution in [1.29, 1.82) is 0 Å². The molecule has 0 atom stereocenters. The van der Waals surface area contributed by atoms with E-state index in [9.17, 15) is 19.4 Å². The lowest BCUT2D eigenvalue weighted by molar-refractivity contribution is 0.860. The summed E-state index contributed by atoms with van der Waals surface area (Å²) in [5.74, 6) is 0. The van der Waals surface area contributed by atoms with Gasteiger partial charge in [0, 0.05) is 5.39 Å². The van der Waals surface area contributed by atoms with Gasteiger partial charge in [-0.25, -0.2) is 4.98 Å². The van der Waals surface area contributed by atoms with Crippen LogP contribution in [0.3, 0.4) is 0 Å². The van der Waals surface area contributed by atoms with Crippen LogP contribution in [0.2, 0.25) is 0 Å². The average Bonchev–Trinajstić information content (AvgIpc) is 2.51. The maximum Gasteiger partial charge on any atom is 0.147 e. The highest BCUT2D eigenvalue weighted by Crippen LogP contribution is 2.48. The third-order valence-corrected chi connectivity index (χ3v) is 5.37. The summed E-state index contributed by atoms with van der Waals surface area (Å²) in [5, 5.41) is -0.439. The Morgan fingerprint density at radius 3 is 1.85 bits per heavy atom. The summed E-state index contributed by atoms with van der Waals surface area (Å²) in [6, 6.07) is 2.53. The van der Waals surface area contributed by atoms with Crippen molar-refractivity contribution in [2.24, 2.45) is 0 Å². The first kappa shape index (κ1) is 16.4. The number of hydrogen-bond acceptors (Lipinski definition) is 6. The Hall–Kier alpha value is 0.0300. The molecule has 20 heavy (non-hydrogen) atoms. The van der Waals surface area contributed by atoms with Crippen molar-refractivity contribution >= 4 is 71.6 Å². The Bertz CT molecular complexity index is 640. The molecule has 0 bridgehead atoms. The van der Waals surface area contributed by atoms with Crippen LogP contribution in [0.25, 0.3) is 10.9 Å². The number of halogens is 5. The molecule has 0 N–H and O–H groups in total. The zero-order chi connectivity index (χ0) is 14.7. The molecular formula is C9H2F5NS5. The van der Waals surface area contributed by atoms with Gasteiger partial charge in [0.15, 0.2) is 0 Å². The Balaban J connectivity index is 2.93. The maximum atomic E-state index is 13.1. The van der Waals surface area contributed by atoms with E-state index in [1.165, 1.54) is 12.1 Å². The van der Waals surface area contributed by atoms with Crippen LogP contribution in [-0.2, 0) is 0 Å². The molecule has 1 nitrogen and oxygen atoms in total. The van der Waals surface area contributed by atoms with Crippen LogP contribution in [0.1, 0.15) is 0 Å². The molecular weight excluding hydrogens is 377 g/mol. The molecule has 0 unspecified atom stereocenters. The monoisotopic (exact) mass is 379 g/mol. The minimum atomic E-state index is -0.398. The minimum absolute atomic E-state index is 0.0565. The predicted molar refractivity (Wildman–Crippen MR) is 76.6 cm³/mol. The zero-order valence-electron chi connectivity index (χ0n) is 9.03. The molecule has 1 heterocycles. The number of pyridine rings is 1. The van der Waals surface area contributed by atoms with Gasteiger partial charge in [0.25, 0.3) is 0 Å². The van der Waals surface area contributed by atoms with Crippen molar-refractivity contribution in [2.75, 3.05) is 0 Å². The predicted octanol–water partition coefficient (Wildman–Crippen LogP) is 7.12. The van der Waals surface area contributed by atoms with Gasteiger partial charge in [-0.05, 0) is 12.1 Å². The first-order chi connectivity index (χ1) is 9.71. The fourth-order valence-electron chi connectivity index (χ4n) is 1.57. The van der Waals surface area contributed by atoms with Crippen LogP contribution in [-0.4, -0.2) is 4.98 Å². The van der Waals surface area contributed by atoms with Crippen molar-refractivity contribution < 1.29 is 19.4 Å². The third kappa shape index (κ3) is 2.82. The SMILES string of the molecule is FSc1ccc2nc(SF)c(SF)c(SF)c2c1SF. The van der Waals surface area contributed by atoms with E-state index in [2.05, 4.69) is 4.98 Å². The molecule has 0 saturated heterocycles. The van der Waals surface area contributed by atoms with Gasteiger partial charge in [-0.15, -0.1) is 0 Å². The van der Waals surface area contributed by atoms with Gasteiger partial charge in [0.2, 0.25) is 0 Å². The topological polar surface area (TPSA) is 12.9 Å². The average molecular weight is 379 g/mol. The summed E-state index contributed by atoms with van der Waals surface area (Å²) >= 11 is -1.63. The summed E-state index contributed by atoms with van der Waals surface area (Å²) < 4.78 is 64.5. The van der Waals surface area contributed by atoms with Crippen LogP contribution in [0.15, 0.2) is 36.7 Å². The van der Waals surface area contributed by atoms with Crippen LogP contribution in [0, 0.1) is 0 Å². The van der Waals surface area contributed by atoms with Crippen molar-refractivity contribution in [3.63, 3.8) is 0 Å². The summed E-state index contributed by atoms with van der Waals surface area (Å²) in [6.07, 6.45) is 0. The van der Waals surface area contributed by atoms with Crippen molar-refractivity contribution in [1.82, 2.24) is 4.98 Å². The second kappa shape index (κ2) is 7.34. The highest BCUT2D eigenvalue weighted by Gasteiger charge is 2.23. The van der Waals surface area contributed by atoms with E-state index < -0.39 is 17.0 Å². The Morgan fingerprint density at radius 2 is 1.35 bits per heavy atom. The molecule has 2 aromatic rings. The molecule has 0 aliphatic heterocycles. The normalized spacial score (nSPS) is 11.2. The van der Waals surface area contributed by atoms with E-state index in [-0.39, 0.29) is 79.2 Å². The molecule has 0 radical (unpaired) electrons. The van der Waals surface area contributed by atoms with Crippen molar-refractivity contribution in [3.05, 3.63) is 12.1 Å². The van der Waals surface area contributed by atoms with Gasteiger partial charge >= 0.3 is 0 Å². The van der Waals surface area contributed by atoms with Crippen LogP contribution in [0.4, 0.5) is 19.4 Å². The summed E-state index contributed by atoms with van der Waals surface area (Å²) in [5.41, 5.74) is 0.0565. The number of fused-ring (bicyclic) bond motifs is 1. The minimum Gasteiger partial charge on any atom is -0.237 e. The van der Waals surface area contributed by atoms with Crippen LogP contribution < -0.4 is 0 Å². The van der Waals surface area contributed by atoms with E-state index >= 15 is 0 Å². The van der Waals surface area contributed by atoms with E-state index in [0.717, 1.165) is 0 Å². The summed E-state index contributed by atoms with van der Waals surface area (Å²) in [7, 11) is 0. The van der Waals surface area contributed by atoms with E-state index in [4.69, 9.17) is 0 Å². The Morgan fingerprint density at radius 1 is 0.700 bits per heavy atom. The van der Waals surface area contributed by atoms with Gasteiger partial charge in [0.05, 0.1) is 73.7 Å². The Kier molecular flexibility index (Phi) is 6.02. The van der Waals surface area contributed by atoms with Crippen LogP contribution in [0.5, 0.6) is 0 Å². The summed E-state index contributed by atoms with van der Waals surface area (Å²) in [6.45, 7) is 0. The lowest BCUT2D eigenvalue weighted by Crippen LogP contribution is -1.92. The zero-order valence-corrected chi connectivity index (χ0v) is 13.1. The molecule has 0 fully saturated rings. The van der Waals surface area contributed by atoms with Gasteiger partial charge in [0.1, 0.15) is 17.2 Å². The van der Waals surface area contributed by atoms with Gasteiger partial charge < -0.3 is 0 Å². The van der Waals surface area contributed by atoms with Crippen LogP contribution >= 0.6 is 60.7 Å². The van der Waals surface area contributed by atoms with Crippen molar-refractivity contribution in [2.45, 2.75) is 24.6 Å². The number of rotatable bonds is 5. The molecule has 0 spiro atoms. The first-order valence-electron chi connectivity index (χ1n) is 4.65. The maximum absolute atomic E-state index is 13.1. The summed E-state index contributed by atoms with van der Waals surface area (Å²) in [4.78, 5) is 2.78. The third-order valence-electron chi connectivity index (χ3n) is 2.34. The van der Waals surface area contributed by atoms with Gasteiger partial charge in [-0.3, -0.25) is 0 Å². The molecule has 0 saturated carbocycles. The molecule has 108 valence electrons. The lowest BCUT2D eigenvalue weighted by atomic mass is 10.2. The van der Waals surface area contributed by atoms with Crippen molar-refractivity contribution in [3.8, 4) is 0 Å². The van der Waals surface area contributed by atoms with Gasteiger partial charge in [-0.1, -0.05) is 0 Å². The molecule has 11 heteroatoms. The highest BCUT2D eigenvalue weighted by molar-refractivity contribution is 7.99. The highest BCUT2D eigenvalue weighted by atomic mass is 32.2. The molecule has 0 aliphatic rings. The standard InChI is InChI=1S/C9H2F5NS5/c10-16-4-2-1-3-5(6(4)17-11)7(18-12)8(19-13)9(15-3)20-14/h1-2H. The number of benzene rings is 1. The molecule has 0 amide bonds. The van der Waals surface area contributed by atoms with E-state index in [0.29, 0.717) is 0 Å². The fraction of sp³-hybridized carbons (Fsp3) is 0. The Labute approximate surface area is 132 Å². The second-order valence-electron chi connectivity index (χ2n) is 3.25. The number of aromatic nitrogens is 1.